The van der Waals surface area contributed by atoms with Crippen molar-refractivity contribution < 1.29 is 14.3 Å². The van der Waals surface area contributed by atoms with Crippen molar-refractivity contribution in [3.8, 4) is 0 Å². The van der Waals surface area contributed by atoms with Gasteiger partial charge in [0.2, 0.25) is 5.91 Å². The van der Waals surface area contributed by atoms with Crippen LogP contribution in [0.1, 0.15) is 32.8 Å². The summed E-state index contributed by atoms with van der Waals surface area (Å²) in [5, 5.41) is 2.70. The Labute approximate surface area is 126 Å². The molecule has 1 aromatic carbocycles. The second-order valence-corrected chi connectivity index (χ2v) is 5.19. The fourth-order valence-corrected chi connectivity index (χ4v) is 1.88. The summed E-state index contributed by atoms with van der Waals surface area (Å²) in [6.45, 7) is 6.06. The Morgan fingerprint density at radius 2 is 1.90 bits per heavy atom. The Bertz CT molecular complexity index is 480. The minimum absolute atomic E-state index is 0.290. The lowest BCUT2D eigenvalue weighted by Crippen LogP contribution is -2.42. The van der Waals surface area contributed by atoms with Crippen LogP contribution < -0.4 is 5.32 Å². The first kappa shape index (κ1) is 17.0. The Balaban J connectivity index is 2.63. The van der Waals surface area contributed by atoms with Gasteiger partial charge >= 0.3 is 5.97 Å². The van der Waals surface area contributed by atoms with Gasteiger partial charge in [-0.15, -0.1) is 0 Å². The zero-order valence-corrected chi connectivity index (χ0v) is 12.8. The van der Waals surface area contributed by atoms with Crippen molar-refractivity contribution in [1.29, 1.82) is 0 Å². The SMILES string of the molecule is CCOC(=O)[C@H](CC(C)C)NC(=O)/C=C/c1ccccc1. The number of benzene rings is 1. The zero-order valence-electron chi connectivity index (χ0n) is 12.8. The van der Waals surface area contributed by atoms with Crippen molar-refractivity contribution in [1.82, 2.24) is 5.32 Å². The Morgan fingerprint density at radius 1 is 1.24 bits per heavy atom. The van der Waals surface area contributed by atoms with Gasteiger partial charge in [-0.2, -0.15) is 0 Å². The molecule has 0 fully saturated rings. The van der Waals surface area contributed by atoms with Crippen LogP contribution in [0, 0.1) is 5.92 Å². The summed E-state index contributed by atoms with van der Waals surface area (Å²) in [5.74, 6) is -0.386. The van der Waals surface area contributed by atoms with Crippen molar-refractivity contribution in [2.45, 2.75) is 33.2 Å². The summed E-state index contributed by atoms with van der Waals surface area (Å²) in [6.07, 6.45) is 3.71. The third-order valence-electron chi connectivity index (χ3n) is 2.82. The van der Waals surface area contributed by atoms with E-state index in [0.29, 0.717) is 13.0 Å². The summed E-state index contributed by atoms with van der Waals surface area (Å²) < 4.78 is 4.99. The maximum absolute atomic E-state index is 11.9. The number of carbonyl (C=O) groups excluding carboxylic acids is 2. The van der Waals surface area contributed by atoms with Crippen LogP contribution in [-0.4, -0.2) is 24.5 Å². The lowest BCUT2D eigenvalue weighted by molar-refractivity contribution is -0.147. The van der Waals surface area contributed by atoms with Gasteiger partial charge in [0.1, 0.15) is 6.04 Å². The quantitative estimate of drug-likeness (QED) is 0.620. The largest absolute Gasteiger partial charge is 0.464 e. The lowest BCUT2D eigenvalue weighted by Gasteiger charge is -2.18. The van der Waals surface area contributed by atoms with Gasteiger partial charge in [-0.3, -0.25) is 4.79 Å². The highest BCUT2D eigenvalue weighted by molar-refractivity contribution is 5.94. The van der Waals surface area contributed by atoms with E-state index >= 15 is 0 Å². The molecule has 0 aromatic heterocycles. The van der Waals surface area contributed by atoms with Crippen molar-refractivity contribution >= 4 is 18.0 Å². The van der Waals surface area contributed by atoms with Gasteiger partial charge in [-0.25, -0.2) is 4.79 Å². The summed E-state index contributed by atoms with van der Waals surface area (Å²) in [5.41, 5.74) is 0.934. The summed E-state index contributed by atoms with van der Waals surface area (Å²) in [6, 6.07) is 8.92. The molecule has 4 nitrogen and oxygen atoms in total. The molecule has 0 aliphatic heterocycles. The van der Waals surface area contributed by atoms with Gasteiger partial charge in [0.05, 0.1) is 6.61 Å². The molecule has 1 atom stereocenters. The van der Waals surface area contributed by atoms with Crippen LogP contribution in [0.2, 0.25) is 0 Å². The first-order valence-corrected chi connectivity index (χ1v) is 7.23. The molecule has 0 unspecified atom stereocenters. The molecular formula is C17H23NO3. The van der Waals surface area contributed by atoms with E-state index in [1.807, 2.05) is 44.2 Å². The molecule has 0 saturated heterocycles. The van der Waals surface area contributed by atoms with Crippen LogP contribution in [0.4, 0.5) is 0 Å². The zero-order chi connectivity index (χ0) is 15.7. The Hall–Kier alpha value is -2.10. The van der Waals surface area contributed by atoms with Crippen LogP contribution in [0.15, 0.2) is 36.4 Å². The molecule has 0 saturated carbocycles. The minimum Gasteiger partial charge on any atom is -0.464 e. The van der Waals surface area contributed by atoms with E-state index in [1.54, 1.807) is 13.0 Å². The van der Waals surface area contributed by atoms with Gasteiger partial charge in [0.15, 0.2) is 0 Å². The highest BCUT2D eigenvalue weighted by Crippen LogP contribution is 2.07. The molecule has 0 bridgehead atoms. The van der Waals surface area contributed by atoms with Gasteiger partial charge in [0.25, 0.3) is 0 Å². The number of hydrogen-bond acceptors (Lipinski definition) is 3. The molecular weight excluding hydrogens is 266 g/mol. The average molecular weight is 289 g/mol. The van der Waals surface area contributed by atoms with Crippen LogP contribution in [0.5, 0.6) is 0 Å². The molecule has 1 amide bonds. The van der Waals surface area contributed by atoms with Crippen LogP contribution in [-0.2, 0) is 14.3 Å². The van der Waals surface area contributed by atoms with E-state index in [2.05, 4.69) is 5.32 Å². The van der Waals surface area contributed by atoms with Gasteiger partial charge < -0.3 is 10.1 Å². The minimum atomic E-state index is -0.599. The van der Waals surface area contributed by atoms with Crippen LogP contribution in [0.3, 0.4) is 0 Å². The number of amides is 1. The van der Waals surface area contributed by atoms with E-state index in [9.17, 15) is 9.59 Å². The molecule has 4 heteroatoms. The van der Waals surface area contributed by atoms with E-state index in [4.69, 9.17) is 4.74 Å². The third-order valence-corrected chi connectivity index (χ3v) is 2.82. The van der Waals surface area contributed by atoms with Crippen LogP contribution in [0.25, 0.3) is 6.08 Å². The average Bonchev–Trinajstić information content (AvgIpc) is 2.45. The number of esters is 1. The van der Waals surface area contributed by atoms with Gasteiger partial charge in [-0.05, 0) is 30.9 Å². The van der Waals surface area contributed by atoms with Crippen LogP contribution >= 0.6 is 0 Å². The molecule has 0 aliphatic rings. The molecule has 1 rings (SSSR count). The van der Waals surface area contributed by atoms with Crippen molar-refractivity contribution in [3.05, 3.63) is 42.0 Å². The topological polar surface area (TPSA) is 55.4 Å². The van der Waals surface area contributed by atoms with E-state index in [0.717, 1.165) is 5.56 Å². The van der Waals surface area contributed by atoms with E-state index < -0.39 is 6.04 Å². The number of nitrogens with one attached hydrogen (secondary N) is 1. The number of rotatable bonds is 7. The molecule has 0 heterocycles. The Kier molecular flexibility index (Phi) is 7.23. The fourth-order valence-electron chi connectivity index (χ4n) is 1.88. The lowest BCUT2D eigenvalue weighted by atomic mass is 10.0. The molecule has 1 N–H and O–H groups in total. The second kappa shape index (κ2) is 8.95. The maximum Gasteiger partial charge on any atom is 0.328 e. The van der Waals surface area contributed by atoms with Gasteiger partial charge in [-0.1, -0.05) is 44.2 Å². The fraction of sp³-hybridized carbons (Fsp3) is 0.412. The third kappa shape index (κ3) is 6.75. The predicted molar refractivity (Wildman–Crippen MR) is 83.5 cm³/mol. The normalized spacial score (nSPS) is 12.4. The summed E-state index contributed by atoms with van der Waals surface area (Å²) in [4.78, 5) is 23.7. The van der Waals surface area contributed by atoms with Crippen molar-refractivity contribution in [3.63, 3.8) is 0 Å². The monoisotopic (exact) mass is 289 g/mol. The second-order valence-electron chi connectivity index (χ2n) is 5.19. The van der Waals surface area contributed by atoms with E-state index in [-0.39, 0.29) is 17.8 Å². The number of carbonyl (C=O) groups is 2. The highest BCUT2D eigenvalue weighted by Gasteiger charge is 2.22. The number of hydrogen-bond donors (Lipinski definition) is 1. The molecule has 0 radical (unpaired) electrons. The standard InChI is InChI=1S/C17H23NO3/c1-4-21-17(20)15(12-13(2)3)18-16(19)11-10-14-8-6-5-7-9-14/h5-11,13,15H,4,12H2,1-3H3,(H,18,19)/b11-10+/t15-/m0/s1. The van der Waals surface area contributed by atoms with Gasteiger partial charge in [0, 0.05) is 6.08 Å². The summed E-state index contributed by atoms with van der Waals surface area (Å²) >= 11 is 0. The highest BCUT2D eigenvalue weighted by atomic mass is 16.5. The predicted octanol–water partition coefficient (Wildman–Crippen LogP) is 2.79. The Morgan fingerprint density at radius 3 is 2.48 bits per heavy atom. The summed E-state index contributed by atoms with van der Waals surface area (Å²) in [7, 11) is 0. The first-order chi connectivity index (χ1) is 10.0. The van der Waals surface area contributed by atoms with Crippen molar-refractivity contribution in [2.75, 3.05) is 6.61 Å². The molecule has 114 valence electrons. The molecule has 21 heavy (non-hydrogen) atoms. The molecule has 0 spiro atoms. The first-order valence-electron chi connectivity index (χ1n) is 7.23. The molecule has 1 aromatic rings. The smallest absolute Gasteiger partial charge is 0.328 e. The molecule has 0 aliphatic carbocycles. The van der Waals surface area contributed by atoms with E-state index in [1.165, 1.54) is 6.08 Å². The number of ether oxygens (including phenoxy) is 1. The van der Waals surface area contributed by atoms with Crippen molar-refractivity contribution in [2.24, 2.45) is 5.92 Å². The maximum atomic E-state index is 11.9.